The lowest BCUT2D eigenvalue weighted by Gasteiger charge is -2.03. The predicted octanol–water partition coefficient (Wildman–Crippen LogP) is 0.195. The van der Waals surface area contributed by atoms with E-state index in [1.807, 2.05) is 0 Å². The van der Waals surface area contributed by atoms with Crippen molar-refractivity contribution in [2.75, 3.05) is 11.0 Å². The van der Waals surface area contributed by atoms with E-state index < -0.39 is 11.3 Å². The first-order chi connectivity index (χ1) is 3.77. The largest absolute Gasteiger partial charge is 0.760 e. The highest BCUT2D eigenvalue weighted by Gasteiger charge is 1.81. The highest BCUT2D eigenvalue weighted by atomic mass is 127. The number of hydrogen-bond acceptors (Lipinski definition) is 2. The molecular weight excluding hydrogens is 241 g/mol. The number of halogens is 1. The van der Waals surface area contributed by atoms with Gasteiger partial charge in [-0.1, -0.05) is 22.6 Å². The van der Waals surface area contributed by atoms with Crippen LogP contribution >= 0.6 is 22.6 Å². The Hall–Kier alpha value is 0.800. The van der Waals surface area contributed by atoms with Crippen LogP contribution in [0.25, 0.3) is 0 Å². The maximum Gasteiger partial charge on any atom is 0.0181 e. The van der Waals surface area contributed by atoms with Crippen LogP contribution in [0.5, 0.6) is 0 Å². The Morgan fingerprint density at radius 2 is 2.38 bits per heavy atom. The molecule has 0 bridgehead atoms. The molecule has 0 amide bonds. The first-order valence-corrected chi connectivity index (χ1v) is 4.76. The van der Waals surface area contributed by atoms with Crippen LogP contribution in [0.3, 0.4) is 0 Å². The molecule has 0 aliphatic rings. The summed E-state index contributed by atoms with van der Waals surface area (Å²) in [6.45, 7) is 0.555. The Labute approximate surface area is 64.8 Å². The minimum atomic E-state index is -2.07. The third kappa shape index (κ3) is 6.80. The molecule has 0 heterocycles. The highest BCUT2D eigenvalue weighted by Crippen LogP contribution is 1.84. The van der Waals surface area contributed by atoms with Gasteiger partial charge in [0.25, 0.3) is 0 Å². The molecule has 1 N–H and O–H groups in total. The van der Waals surface area contributed by atoms with Crippen molar-refractivity contribution in [2.24, 2.45) is 0 Å². The molecular formula is C3H7INO2S-. The standard InChI is InChI=1S/C3H8INO2S/c4-2-1-3-5-8(6)7/h5H,1-3H2,(H,6,7)/p-1. The van der Waals surface area contributed by atoms with Gasteiger partial charge in [-0.2, -0.15) is 0 Å². The van der Waals surface area contributed by atoms with Gasteiger partial charge in [-0.3, -0.25) is 4.21 Å². The molecule has 1 unspecified atom stereocenters. The van der Waals surface area contributed by atoms with Gasteiger partial charge in [0.2, 0.25) is 0 Å². The molecule has 0 aliphatic heterocycles. The first kappa shape index (κ1) is 8.80. The molecule has 50 valence electrons. The van der Waals surface area contributed by atoms with E-state index in [0.717, 1.165) is 10.8 Å². The summed E-state index contributed by atoms with van der Waals surface area (Å²) in [6.07, 6.45) is 0.897. The molecule has 3 nitrogen and oxygen atoms in total. The summed E-state index contributed by atoms with van der Waals surface area (Å²) in [6, 6.07) is 0. The van der Waals surface area contributed by atoms with Crippen LogP contribution in [0, 0.1) is 0 Å². The summed E-state index contributed by atoms with van der Waals surface area (Å²) in [5.41, 5.74) is 0. The average molecular weight is 248 g/mol. The Morgan fingerprint density at radius 3 is 2.75 bits per heavy atom. The van der Waals surface area contributed by atoms with Crippen molar-refractivity contribution in [1.29, 1.82) is 0 Å². The second-order valence-corrected chi connectivity index (χ2v) is 3.01. The van der Waals surface area contributed by atoms with E-state index in [-0.39, 0.29) is 0 Å². The number of alkyl halides is 1. The average Bonchev–Trinajstić information content (AvgIpc) is 1.66. The fourth-order valence-corrected chi connectivity index (χ4v) is 0.915. The van der Waals surface area contributed by atoms with Crippen molar-refractivity contribution >= 4 is 33.9 Å². The molecule has 0 spiro atoms. The van der Waals surface area contributed by atoms with Crippen molar-refractivity contribution in [1.82, 2.24) is 4.72 Å². The molecule has 5 heteroatoms. The molecule has 0 aromatic rings. The molecule has 0 aromatic heterocycles. The number of hydrogen-bond donors (Lipinski definition) is 1. The molecule has 8 heavy (non-hydrogen) atoms. The Bertz CT molecular complexity index is 79.7. The van der Waals surface area contributed by atoms with Crippen molar-refractivity contribution < 1.29 is 8.76 Å². The van der Waals surface area contributed by atoms with Crippen LogP contribution in [-0.4, -0.2) is 19.7 Å². The van der Waals surface area contributed by atoms with Gasteiger partial charge in [-0.15, -0.1) is 0 Å². The van der Waals surface area contributed by atoms with E-state index in [4.69, 9.17) is 0 Å². The maximum absolute atomic E-state index is 9.76. The highest BCUT2D eigenvalue weighted by molar-refractivity contribution is 14.1. The third-order valence-electron chi connectivity index (χ3n) is 0.530. The lowest BCUT2D eigenvalue weighted by molar-refractivity contribution is 0.523. The molecule has 1 atom stereocenters. The topological polar surface area (TPSA) is 52.2 Å². The van der Waals surface area contributed by atoms with Gasteiger partial charge in [0.05, 0.1) is 0 Å². The lowest BCUT2D eigenvalue weighted by atomic mass is 10.5. The number of rotatable bonds is 4. The molecule has 0 rings (SSSR count). The van der Waals surface area contributed by atoms with E-state index in [1.165, 1.54) is 0 Å². The normalized spacial score (nSPS) is 13.8. The van der Waals surface area contributed by atoms with Crippen molar-refractivity contribution in [3.05, 3.63) is 0 Å². The van der Waals surface area contributed by atoms with Crippen LogP contribution < -0.4 is 4.72 Å². The summed E-state index contributed by atoms with van der Waals surface area (Å²) < 4.78 is 22.8. The summed E-state index contributed by atoms with van der Waals surface area (Å²) in [5, 5.41) is 0. The van der Waals surface area contributed by atoms with Crippen LogP contribution in [0.1, 0.15) is 6.42 Å². The van der Waals surface area contributed by atoms with E-state index in [2.05, 4.69) is 27.3 Å². The minimum absolute atomic E-state index is 0.555. The van der Waals surface area contributed by atoms with Gasteiger partial charge in [0.15, 0.2) is 0 Å². The van der Waals surface area contributed by atoms with Gasteiger partial charge in [-0.05, 0) is 6.42 Å². The van der Waals surface area contributed by atoms with Gasteiger partial charge in [-0.25, -0.2) is 4.72 Å². The minimum Gasteiger partial charge on any atom is -0.760 e. The van der Waals surface area contributed by atoms with E-state index in [9.17, 15) is 8.76 Å². The van der Waals surface area contributed by atoms with Crippen LogP contribution in [0.15, 0.2) is 0 Å². The fourth-order valence-electron chi connectivity index (χ4n) is 0.222. The van der Waals surface area contributed by atoms with Crippen molar-refractivity contribution in [3.63, 3.8) is 0 Å². The fraction of sp³-hybridized carbons (Fsp3) is 1.00. The van der Waals surface area contributed by atoms with Crippen LogP contribution in [0.2, 0.25) is 0 Å². The van der Waals surface area contributed by atoms with E-state index >= 15 is 0 Å². The maximum atomic E-state index is 9.76. The summed E-state index contributed by atoms with van der Waals surface area (Å²) in [5.74, 6) is 0. The van der Waals surface area contributed by atoms with Crippen LogP contribution in [-0.2, 0) is 11.3 Å². The number of nitrogens with one attached hydrogen (secondary N) is 1. The molecule has 0 radical (unpaired) electrons. The van der Waals surface area contributed by atoms with Crippen LogP contribution in [0.4, 0.5) is 0 Å². The van der Waals surface area contributed by atoms with Crippen molar-refractivity contribution in [3.8, 4) is 0 Å². The van der Waals surface area contributed by atoms with Gasteiger partial charge >= 0.3 is 0 Å². The smallest absolute Gasteiger partial charge is 0.0181 e. The monoisotopic (exact) mass is 248 g/mol. The predicted molar refractivity (Wildman–Crippen MR) is 40.4 cm³/mol. The summed E-state index contributed by atoms with van der Waals surface area (Å²) in [4.78, 5) is 0. The first-order valence-electron chi connectivity index (χ1n) is 2.16. The SMILES string of the molecule is O=S([O-])NCCCI. The molecule has 0 fully saturated rings. The zero-order valence-corrected chi connectivity index (χ0v) is 7.20. The van der Waals surface area contributed by atoms with Crippen molar-refractivity contribution in [2.45, 2.75) is 6.42 Å². The second-order valence-electron chi connectivity index (χ2n) is 1.17. The zero-order chi connectivity index (χ0) is 6.41. The van der Waals surface area contributed by atoms with E-state index in [1.54, 1.807) is 0 Å². The molecule has 0 aliphatic carbocycles. The van der Waals surface area contributed by atoms with Gasteiger partial charge in [0, 0.05) is 22.2 Å². The Morgan fingerprint density at radius 1 is 1.75 bits per heavy atom. The van der Waals surface area contributed by atoms with Gasteiger partial charge in [0.1, 0.15) is 0 Å². The Balaban J connectivity index is 2.82. The van der Waals surface area contributed by atoms with Gasteiger partial charge < -0.3 is 4.55 Å². The second kappa shape index (κ2) is 5.93. The molecule has 0 saturated carbocycles. The lowest BCUT2D eigenvalue weighted by Crippen LogP contribution is -2.17. The summed E-state index contributed by atoms with van der Waals surface area (Å²) in [7, 11) is 0. The van der Waals surface area contributed by atoms with E-state index in [0.29, 0.717) is 6.54 Å². The third-order valence-corrected chi connectivity index (χ3v) is 1.73. The molecule has 0 aromatic carbocycles. The quantitative estimate of drug-likeness (QED) is 0.334. The summed E-state index contributed by atoms with van der Waals surface area (Å²) >= 11 is 0.123. The molecule has 0 saturated heterocycles. The zero-order valence-electron chi connectivity index (χ0n) is 4.22. The Kier molecular flexibility index (Phi) is 6.52.